The number of halogens is 3. The Morgan fingerprint density at radius 1 is 1.21 bits per heavy atom. The van der Waals surface area contributed by atoms with Crippen LogP contribution < -0.4 is 4.31 Å². The summed E-state index contributed by atoms with van der Waals surface area (Å²) in [7, 11) is -5.83. The maximum absolute atomic E-state index is 12.4. The predicted molar refractivity (Wildman–Crippen MR) is 58.1 cm³/mol. The molecule has 0 amide bonds. The second kappa shape index (κ2) is 4.96. The number of nitrogens with zero attached hydrogens (tertiary/aromatic N) is 1. The average Bonchev–Trinajstić information content (AvgIpc) is 2.25. The van der Waals surface area contributed by atoms with Gasteiger partial charge in [0.25, 0.3) is 0 Å². The van der Waals surface area contributed by atoms with Gasteiger partial charge in [-0.1, -0.05) is 0 Å². The van der Waals surface area contributed by atoms with Crippen molar-refractivity contribution in [3.8, 4) is 5.75 Å². The summed E-state index contributed by atoms with van der Waals surface area (Å²) < 4.78 is 59.5. The summed E-state index contributed by atoms with van der Waals surface area (Å²) >= 11 is 0. The number of benzene rings is 1. The quantitative estimate of drug-likeness (QED) is 0.869. The van der Waals surface area contributed by atoms with Crippen LogP contribution in [0.25, 0.3) is 0 Å². The van der Waals surface area contributed by atoms with Crippen LogP contribution in [0.1, 0.15) is 0 Å². The molecule has 0 saturated carbocycles. The third kappa shape index (κ3) is 3.28. The third-order valence-corrected chi connectivity index (χ3v) is 3.50. The number of aliphatic carboxylic acids is 1. The molecule has 0 fully saturated rings. The van der Waals surface area contributed by atoms with Gasteiger partial charge in [-0.25, -0.2) is 0 Å². The van der Waals surface area contributed by atoms with Crippen LogP contribution in [0.3, 0.4) is 0 Å². The lowest BCUT2D eigenvalue weighted by Crippen LogP contribution is -2.43. The van der Waals surface area contributed by atoms with E-state index < -0.39 is 33.7 Å². The van der Waals surface area contributed by atoms with Crippen molar-refractivity contribution in [2.75, 3.05) is 10.8 Å². The summed E-state index contributed by atoms with van der Waals surface area (Å²) in [5.41, 5.74) is -6.14. The van der Waals surface area contributed by atoms with Crippen LogP contribution in [0.15, 0.2) is 24.3 Å². The number of hydrogen-bond donors (Lipinski definition) is 2. The Hall–Kier alpha value is -1.97. The van der Waals surface area contributed by atoms with Crippen molar-refractivity contribution in [2.45, 2.75) is 5.51 Å². The van der Waals surface area contributed by atoms with Crippen molar-refractivity contribution >= 4 is 21.7 Å². The Morgan fingerprint density at radius 3 is 2.05 bits per heavy atom. The number of rotatable bonds is 4. The Morgan fingerprint density at radius 2 is 1.68 bits per heavy atom. The number of phenolic OH excluding ortho intramolecular Hbond substituents is 1. The molecular weight excluding hydrogens is 291 g/mol. The molecule has 0 spiro atoms. The van der Waals surface area contributed by atoms with Crippen molar-refractivity contribution in [1.82, 2.24) is 0 Å². The zero-order valence-corrected chi connectivity index (χ0v) is 9.94. The molecular formula is C9H8F3NO5S. The number of carbonyl (C=O) groups is 1. The fraction of sp³-hybridized carbons (Fsp3) is 0.222. The standard InChI is InChI=1S/C9H8F3NO5S/c10-9(11,12)19(17,18)13(5-8(15)16)6-1-3-7(14)4-2-6/h1-4,14H,5H2,(H,15,16). The molecule has 19 heavy (non-hydrogen) atoms. The predicted octanol–water partition coefficient (Wildman–Crippen LogP) is 1.13. The van der Waals surface area contributed by atoms with Gasteiger partial charge in [0.1, 0.15) is 12.3 Å². The van der Waals surface area contributed by atoms with Gasteiger partial charge in [0.2, 0.25) is 0 Å². The number of carboxylic acids is 1. The van der Waals surface area contributed by atoms with Gasteiger partial charge in [-0.3, -0.25) is 9.10 Å². The molecule has 1 aromatic carbocycles. The highest BCUT2D eigenvalue weighted by atomic mass is 32.2. The van der Waals surface area contributed by atoms with Gasteiger partial charge in [-0.05, 0) is 24.3 Å². The number of anilines is 1. The SMILES string of the molecule is O=C(O)CN(c1ccc(O)cc1)S(=O)(=O)C(F)(F)F. The summed E-state index contributed by atoms with van der Waals surface area (Å²) in [6, 6.07) is 3.61. The minimum absolute atomic E-state index is 0.297. The highest BCUT2D eigenvalue weighted by Gasteiger charge is 2.50. The number of sulfonamides is 1. The molecule has 0 aromatic heterocycles. The van der Waals surface area contributed by atoms with E-state index in [1.165, 1.54) is 0 Å². The van der Waals surface area contributed by atoms with Crippen LogP contribution in [0.2, 0.25) is 0 Å². The topological polar surface area (TPSA) is 94.9 Å². The van der Waals surface area contributed by atoms with Gasteiger partial charge in [0.15, 0.2) is 0 Å². The zero-order valence-electron chi connectivity index (χ0n) is 9.13. The Balaban J connectivity index is 3.31. The normalized spacial score (nSPS) is 12.2. The van der Waals surface area contributed by atoms with E-state index in [2.05, 4.69) is 0 Å². The average molecular weight is 299 g/mol. The number of alkyl halides is 3. The summed E-state index contributed by atoms with van der Waals surface area (Å²) in [6.07, 6.45) is 0. The van der Waals surface area contributed by atoms with E-state index in [9.17, 15) is 26.4 Å². The first-order valence-corrected chi connectivity index (χ1v) is 6.09. The van der Waals surface area contributed by atoms with Crippen LogP contribution in [-0.4, -0.2) is 36.7 Å². The largest absolute Gasteiger partial charge is 0.516 e. The molecule has 106 valence electrons. The second-order valence-electron chi connectivity index (χ2n) is 3.37. The van der Waals surface area contributed by atoms with E-state index in [-0.39, 0.29) is 10.1 Å². The zero-order chi connectivity index (χ0) is 14.8. The van der Waals surface area contributed by atoms with Crippen molar-refractivity contribution in [1.29, 1.82) is 0 Å². The van der Waals surface area contributed by atoms with E-state index in [1.807, 2.05) is 0 Å². The van der Waals surface area contributed by atoms with E-state index in [0.717, 1.165) is 24.3 Å². The number of aromatic hydroxyl groups is 1. The maximum atomic E-state index is 12.4. The molecule has 0 aliphatic rings. The summed E-state index contributed by atoms with van der Waals surface area (Å²) in [4.78, 5) is 10.5. The second-order valence-corrected chi connectivity index (χ2v) is 5.22. The number of hydrogen-bond acceptors (Lipinski definition) is 4. The Labute approximate surface area is 105 Å². The van der Waals surface area contributed by atoms with Gasteiger partial charge in [-0.2, -0.15) is 21.6 Å². The van der Waals surface area contributed by atoms with E-state index in [4.69, 9.17) is 10.2 Å². The van der Waals surface area contributed by atoms with Gasteiger partial charge >= 0.3 is 21.5 Å². The van der Waals surface area contributed by atoms with Gasteiger partial charge in [0, 0.05) is 0 Å². The molecule has 0 unspecified atom stereocenters. The number of carboxylic acid groups (broad SMARTS) is 1. The third-order valence-electron chi connectivity index (χ3n) is 2.00. The number of phenols is 1. The van der Waals surface area contributed by atoms with Crippen LogP contribution in [0.5, 0.6) is 5.75 Å². The van der Waals surface area contributed by atoms with Gasteiger partial charge in [0.05, 0.1) is 5.69 Å². The molecule has 6 nitrogen and oxygen atoms in total. The molecule has 0 aliphatic carbocycles. The molecule has 0 bridgehead atoms. The lowest BCUT2D eigenvalue weighted by atomic mass is 10.3. The van der Waals surface area contributed by atoms with Crippen LogP contribution in [0, 0.1) is 0 Å². The molecule has 0 heterocycles. The van der Waals surface area contributed by atoms with Crippen LogP contribution in [0.4, 0.5) is 18.9 Å². The minimum atomic E-state index is -5.83. The highest BCUT2D eigenvalue weighted by Crippen LogP contribution is 2.31. The molecule has 0 aliphatic heterocycles. The van der Waals surface area contributed by atoms with Crippen molar-refractivity contribution < 1.29 is 36.6 Å². The molecule has 0 radical (unpaired) electrons. The minimum Gasteiger partial charge on any atom is -0.508 e. The van der Waals surface area contributed by atoms with Crippen molar-refractivity contribution in [3.05, 3.63) is 24.3 Å². The first-order chi connectivity index (χ1) is 8.55. The molecule has 0 atom stereocenters. The molecule has 10 heteroatoms. The fourth-order valence-electron chi connectivity index (χ4n) is 1.18. The lowest BCUT2D eigenvalue weighted by Gasteiger charge is -2.23. The van der Waals surface area contributed by atoms with Crippen molar-refractivity contribution in [2.24, 2.45) is 0 Å². The lowest BCUT2D eigenvalue weighted by molar-refractivity contribution is -0.135. The first kappa shape index (κ1) is 15.1. The van der Waals surface area contributed by atoms with E-state index in [1.54, 1.807) is 0 Å². The van der Waals surface area contributed by atoms with Crippen molar-refractivity contribution in [3.63, 3.8) is 0 Å². The summed E-state index contributed by atoms with van der Waals surface area (Å²) in [6.45, 7) is -1.38. The van der Waals surface area contributed by atoms with Crippen LogP contribution >= 0.6 is 0 Å². The first-order valence-electron chi connectivity index (χ1n) is 4.65. The Bertz CT molecular complexity index is 567. The monoisotopic (exact) mass is 299 g/mol. The smallest absolute Gasteiger partial charge is 0.508 e. The van der Waals surface area contributed by atoms with Crippen LogP contribution in [-0.2, 0) is 14.8 Å². The van der Waals surface area contributed by atoms with E-state index >= 15 is 0 Å². The summed E-state index contributed by atoms with van der Waals surface area (Å²) in [5, 5.41) is 17.5. The Kier molecular flexibility index (Phi) is 3.94. The molecule has 1 rings (SSSR count). The highest BCUT2D eigenvalue weighted by molar-refractivity contribution is 7.93. The maximum Gasteiger partial charge on any atom is 0.516 e. The van der Waals surface area contributed by atoms with Gasteiger partial charge in [-0.15, -0.1) is 0 Å². The van der Waals surface area contributed by atoms with Gasteiger partial charge < -0.3 is 10.2 Å². The molecule has 0 saturated heterocycles. The van der Waals surface area contributed by atoms with E-state index in [0.29, 0.717) is 0 Å². The molecule has 1 aromatic rings. The summed E-state index contributed by atoms with van der Waals surface area (Å²) in [5.74, 6) is -2.05. The fourth-order valence-corrected chi connectivity index (χ4v) is 2.11. The molecule has 2 N–H and O–H groups in total.